The van der Waals surface area contributed by atoms with Gasteiger partial charge in [0.25, 0.3) is 15.9 Å². The molecule has 2 aromatic carbocycles. The number of aromatic hydroxyl groups is 2. The lowest BCUT2D eigenvalue weighted by Crippen LogP contribution is -2.24. The van der Waals surface area contributed by atoms with E-state index < -0.39 is 32.3 Å². The third-order valence-corrected chi connectivity index (χ3v) is 6.18. The fourth-order valence-electron chi connectivity index (χ4n) is 2.58. The van der Waals surface area contributed by atoms with Gasteiger partial charge in [0, 0.05) is 28.3 Å². The van der Waals surface area contributed by atoms with Crippen LogP contribution >= 0.6 is 27.5 Å². The van der Waals surface area contributed by atoms with Gasteiger partial charge >= 0.3 is 0 Å². The molecule has 1 aromatic heterocycles. The molecule has 0 atom stereocenters. The van der Waals surface area contributed by atoms with E-state index in [1.165, 1.54) is 42.6 Å². The van der Waals surface area contributed by atoms with Crippen LogP contribution in [0.4, 0.5) is 5.69 Å². The minimum absolute atomic E-state index is 0.0110. The van der Waals surface area contributed by atoms with E-state index in [4.69, 9.17) is 11.6 Å². The van der Waals surface area contributed by atoms with Gasteiger partial charge in [0.2, 0.25) is 5.56 Å². The number of carbonyl (C=O) groups is 1. The second-order valence-electron chi connectivity index (χ2n) is 6.31. The zero-order valence-electron chi connectivity index (χ0n) is 15.5. The summed E-state index contributed by atoms with van der Waals surface area (Å²) in [5.41, 5.74) is -0.314. The number of sulfonamides is 1. The van der Waals surface area contributed by atoms with Gasteiger partial charge in [0.15, 0.2) is 5.75 Å². The Balaban J connectivity index is 1.87. The number of phenols is 2. The number of anilines is 1. The molecule has 0 aliphatic carbocycles. The van der Waals surface area contributed by atoms with Crippen LogP contribution in [0.1, 0.15) is 15.9 Å². The van der Waals surface area contributed by atoms with Crippen LogP contribution in [0.3, 0.4) is 0 Å². The van der Waals surface area contributed by atoms with E-state index in [9.17, 15) is 28.2 Å². The zero-order valence-corrected chi connectivity index (χ0v) is 18.7. The number of H-pyrrole nitrogens is 1. The molecular weight excluding hydrogens is 514 g/mol. The molecule has 0 saturated carbocycles. The van der Waals surface area contributed by atoms with Crippen LogP contribution in [-0.4, -0.2) is 29.5 Å². The van der Waals surface area contributed by atoms with Crippen LogP contribution in [0, 0.1) is 0 Å². The first kappa shape index (κ1) is 22.7. The summed E-state index contributed by atoms with van der Waals surface area (Å²) < 4.78 is 27.9. The molecule has 0 aliphatic heterocycles. The molecule has 0 unspecified atom stereocenters. The van der Waals surface area contributed by atoms with Crippen molar-refractivity contribution in [3.8, 4) is 11.5 Å². The van der Waals surface area contributed by atoms with Crippen LogP contribution in [-0.2, 0) is 16.6 Å². The number of rotatable bonds is 6. The number of aromatic amines is 1. The van der Waals surface area contributed by atoms with E-state index in [0.29, 0.717) is 10.0 Å². The van der Waals surface area contributed by atoms with Gasteiger partial charge in [-0.2, -0.15) is 0 Å². The minimum atomic E-state index is -4.32. The average Bonchev–Trinajstić information content (AvgIpc) is 2.71. The molecule has 1 heterocycles. The number of amides is 1. The highest BCUT2D eigenvalue weighted by Crippen LogP contribution is 2.35. The van der Waals surface area contributed by atoms with Gasteiger partial charge in [-0.05, 0) is 35.9 Å². The summed E-state index contributed by atoms with van der Waals surface area (Å²) in [5, 5.41) is 22.9. The van der Waals surface area contributed by atoms with Crippen molar-refractivity contribution in [3.05, 3.63) is 79.6 Å². The molecule has 0 radical (unpaired) electrons. The smallest absolute Gasteiger partial charge is 0.265 e. The van der Waals surface area contributed by atoms with Crippen molar-refractivity contribution in [1.82, 2.24) is 10.3 Å². The third kappa shape index (κ3) is 5.37. The second kappa shape index (κ2) is 9.00. The normalized spacial score (nSPS) is 11.2. The molecule has 12 heteroatoms. The van der Waals surface area contributed by atoms with Crippen molar-refractivity contribution in [2.24, 2.45) is 0 Å². The summed E-state index contributed by atoms with van der Waals surface area (Å²) in [6.45, 7) is 0.0363. The highest BCUT2D eigenvalue weighted by atomic mass is 79.9. The third-order valence-electron chi connectivity index (χ3n) is 4.08. The summed E-state index contributed by atoms with van der Waals surface area (Å²) in [7, 11) is -4.32. The number of benzene rings is 2. The Labute approximate surface area is 189 Å². The number of halogens is 2. The van der Waals surface area contributed by atoms with Crippen molar-refractivity contribution in [2.45, 2.75) is 11.4 Å². The first-order chi connectivity index (χ1) is 14.6. The number of hydrogen-bond donors (Lipinski definition) is 5. The van der Waals surface area contributed by atoms with Gasteiger partial charge in [-0.15, -0.1) is 0 Å². The lowest BCUT2D eigenvalue weighted by atomic mass is 10.1. The van der Waals surface area contributed by atoms with Crippen molar-refractivity contribution in [1.29, 1.82) is 0 Å². The first-order valence-electron chi connectivity index (χ1n) is 8.56. The number of phenolic OH excluding ortho intramolecular Hbond substituents is 2. The Morgan fingerprint density at radius 1 is 1.13 bits per heavy atom. The molecule has 0 aliphatic rings. The number of carbonyl (C=O) groups excluding carboxylic acids is 1. The molecule has 0 saturated heterocycles. The topological polar surface area (TPSA) is 149 Å². The van der Waals surface area contributed by atoms with E-state index >= 15 is 0 Å². The maximum absolute atomic E-state index is 12.7. The highest BCUT2D eigenvalue weighted by molar-refractivity contribution is 9.10. The number of pyridine rings is 1. The van der Waals surface area contributed by atoms with Gasteiger partial charge < -0.3 is 20.5 Å². The first-order valence-corrected chi connectivity index (χ1v) is 11.2. The molecule has 0 bridgehead atoms. The maximum atomic E-state index is 12.7. The molecule has 162 valence electrons. The van der Waals surface area contributed by atoms with E-state index in [1.54, 1.807) is 0 Å². The molecule has 0 spiro atoms. The van der Waals surface area contributed by atoms with Crippen LogP contribution in [0.15, 0.2) is 62.8 Å². The largest absolute Gasteiger partial charge is 0.507 e. The lowest BCUT2D eigenvalue weighted by Gasteiger charge is -2.14. The second-order valence-corrected chi connectivity index (χ2v) is 9.31. The summed E-state index contributed by atoms with van der Waals surface area (Å²) in [4.78, 5) is 25.6. The fraction of sp³-hybridized carbons (Fsp3) is 0.0526. The van der Waals surface area contributed by atoms with Gasteiger partial charge in [0.1, 0.15) is 10.6 Å². The quantitative estimate of drug-likeness (QED) is 0.311. The SMILES string of the molecule is O=C(NCc1ccc(=O)[nH]c1)c1cc(Cl)cc(NS(=O)(=O)c2cc(Br)ccc2O)c1O. The highest BCUT2D eigenvalue weighted by Gasteiger charge is 2.23. The summed E-state index contributed by atoms with van der Waals surface area (Å²) >= 11 is 9.13. The molecular formula is C19H15BrClN3O6S. The Hall–Kier alpha value is -3.02. The van der Waals surface area contributed by atoms with Gasteiger partial charge in [-0.25, -0.2) is 8.42 Å². The van der Waals surface area contributed by atoms with Gasteiger partial charge in [0.05, 0.1) is 11.3 Å². The Bertz CT molecular complexity index is 1310. The van der Waals surface area contributed by atoms with Crippen LogP contribution < -0.4 is 15.6 Å². The molecule has 3 aromatic rings. The molecule has 3 rings (SSSR count). The zero-order chi connectivity index (χ0) is 22.8. The predicted octanol–water partition coefficient (Wildman–Crippen LogP) is 2.93. The van der Waals surface area contributed by atoms with Crippen molar-refractivity contribution in [3.63, 3.8) is 0 Å². The van der Waals surface area contributed by atoms with E-state index in [1.807, 2.05) is 0 Å². The summed E-state index contributed by atoms with van der Waals surface area (Å²) in [6.07, 6.45) is 1.42. The fourth-order valence-corrected chi connectivity index (χ4v) is 4.49. The molecule has 0 fully saturated rings. The Morgan fingerprint density at radius 3 is 2.55 bits per heavy atom. The lowest BCUT2D eigenvalue weighted by molar-refractivity contribution is 0.0948. The molecule has 5 N–H and O–H groups in total. The van der Waals surface area contributed by atoms with Crippen LogP contribution in [0.25, 0.3) is 0 Å². The molecule has 1 amide bonds. The molecule has 31 heavy (non-hydrogen) atoms. The summed E-state index contributed by atoms with van der Waals surface area (Å²) in [6, 6.07) is 8.93. The number of hydrogen-bond acceptors (Lipinski definition) is 6. The number of aromatic nitrogens is 1. The van der Waals surface area contributed by atoms with E-state index in [0.717, 1.165) is 6.07 Å². The van der Waals surface area contributed by atoms with Crippen LogP contribution in [0.5, 0.6) is 11.5 Å². The Morgan fingerprint density at radius 2 is 1.87 bits per heavy atom. The average molecular weight is 529 g/mol. The summed E-state index contributed by atoms with van der Waals surface area (Å²) in [5.74, 6) is -1.88. The van der Waals surface area contributed by atoms with Crippen LogP contribution in [0.2, 0.25) is 5.02 Å². The molecule has 9 nitrogen and oxygen atoms in total. The van der Waals surface area contributed by atoms with E-state index in [-0.39, 0.29) is 28.4 Å². The predicted molar refractivity (Wildman–Crippen MR) is 118 cm³/mol. The van der Waals surface area contributed by atoms with Gasteiger partial charge in [-0.3, -0.25) is 14.3 Å². The standard InChI is InChI=1S/C19H15BrClN3O6S/c20-11-2-3-15(25)16(5-11)31(29,30)24-14-7-12(21)6-13(18(14)27)19(28)23-9-10-1-4-17(26)22-8-10/h1-8,24-25,27H,9H2,(H,22,26)(H,23,28). The number of nitrogens with one attached hydrogen (secondary N) is 3. The minimum Gasteiger partial charge on any atom is -0.507 e. The van der Waals surface area contributed by atoms with Gasteiger partial charge in [-0.1, -0.05) is 33.6 Å². The maximum Gasteiger partial charge on any atom is 0.265 e. The Kier molecular flexibility index (Phi) is 6.58. The monoisotopic (exact) mass is 527 g/mol. The van der Waals surface area contributed by atoms with Crippen molar-refractivity contribution in [2.75, 3.05) is 4.72 Å². The van der Waals surface area contributed by atoms with Crippen molar-refractivity contribution >= 4 is 49.1 Å². The van der Waals surface area contributed by atoms with E-state index in [2.05, 4.69) is 31.0 Å². The van der Waals surface area contributed by atoms with Crippen molar-refractivity contribution < 1.29 is 23.4 Å².